The van der Waals surface area contributed by atoms with E-state index in [-0.39, 0.29) is 17.1 Å². The highest BCUT2D eigenvalue weighted by atomic mass is 19.4. The van der Waals surface area contributed by atoms with Crippen LogP contribution in [0.15, 0.2) is 49.1 Å². The predicted octanol–water partition coefficient (Wildman–Crippen LogP) is 3.58. The first-order valence-electron chi connectivity index (χ1n) is 7.68. The van der Waals surface area contributed by atoms with Crippen molar-refractivity contribution in [1.29, 1.82) is 0 Å². The van der Waals surface area contributed by atoms with Crippen LogP contribution in [0, 0.1) is 11.6 Å². The van der Waals surface area contributed by atoms with E-state index in [2.05, 4.69) is 15.4 Å². The largest absolute Gasteiger partial charge is 0.481 e. The maximum atomic E-state index is 13.5. The molecule has 0 bridgehead atoms. The van der Waals surface area contributed by atoms with Crippen molar-refractivity contribution in [2.24, 2.45) is 0 Å². The Hall–Kier alpha value is -3.50. The number of carbonyl (C=O) groups excluding carboxylic acids is 1. The van der Waals surface area contributed by atoms with Crippen LogP contribution in [0.3, 0.4) is 0 Å². The number of hydrogen-bond donors (Lipinski definition) is 1. The minimum Gasteiger partial charge on any atom is -0.481 e. The van der Waals surface area contributed by atoms with Crippen molar-refractivity contribution in [2.75, 3.05) is 11.9 Å². The molecule has 3 aromatic rings. The second kappa shape index (κ2) is 7.62. The van der Waals surface area contributed by atoms with E-state index in [1.807, 2.05) is 0 Å². The highest BCUT2D eigenvalue weighted by Gasteiger charge is 2.31. The molecular formula is C17H11F5N4O2. The van der Waals surface area contributed by atoms with Gasteiger partial charge in [-0.25, -0.2) is 18.4 Å². The van der Waals surface area contributed by atoms with Crippen LogP contribution in [0.1, 0.15) is 5.56 Å². The van der Waals surface area contributed by atoms with Gasteiger partial charge in [0, 0.05) is 6.07 Å². The minimum absolute atomic E-state index is 0.131. The van der Waals surface area contributed by atoms with Crippen LogP contribution >= 0.6 is 0 Å². The average molecular weight is 398 g/mol. The number of alkyl halides is 3. The first-order valence-corrected chi connectivity index (χ1v) is 7.68. The average Bonchev–Trinajstić information content (AvgIpc) is 3.14. The third-order valence-corrected chi connectivity index (χ3v) is 3.52. The van der Waals surface area contributed by atoms with Gasteiger partial charge in [-0.3, -0.25) is 4.79 Å². The lowest BCUT2D eigenvalue weighted by atomic mass is 10.1. The Labute approximate surface area is 154 Å². The van der Waals surface area contributed by atoms with Crippen molar-refractivity contribution >= 4 is 11.6 Å². The van der Waals surface area contributed by atoms with Crippen LogP contribution in [0.2, 0.25) is 0 Å². The van der Waals surface area contributed by atoms with E-state index in [1.165, 1.54) is 12.7 Å². The molecule has 28 heavy (non-hydrogen) atoms. The molecule has 0 spiro atoms. The van der Waals surface area contributed by atoms with E-state index in [0.29, 0.717) is 6.07 Å². The predicted molar refractivity (Wildman–Crippen MR) is 86.8 cm³/mol. The summed E-state index contributed by atoms with van der Waals surface area (Å²) >= 11 is 0. The van der Waals surface area contributed by atoms with Gasteiger partial charge in [-0.2, -0.15) is 18.3 Å². The van der Waals surface area contributed by atoms with Crippen molar-refractivity contribution in [3.8, 4) is 11.4 Å². The molecule has 0 radical (unpaired) electrons. The summed E-state index contributed by atoms with van der Waals surface area (Å²) in [5.74, 6) is -3.08. The topological polar surface area (TPSA) is 69.0 Å². The van der Waals surface area contributed by atoms with Gasteiger partial charge in [0.15, 0.2) is 18.2 Å². The van der Waals surface area contributed by atoms with Gasteiger partial charge in [0.25, 0.3) is 5.91 Å². The molecule has 3 rings (SSSR count). The summed E-state index contributed by atoms with van der Waals surface area (Å²) in [6.07, 6.45) is -2.22. The first-order chi connectivity index (χ1) is 13.2. The maximum absolute atomic E-state index is 13.5. The highest BCUT2D eigenvalue weighted by molar-refractivity contribution is 5.94. The number of aromatic nitrogens is 3. The lowest BCUT2D eigenvalue weighted by Gasteiger charge is -2.14. The number of rotatable bonds is 5. The third-order valence-electron chi connectivity index (χ3n) is 3.52. The lowest BCUT2D eigenvalue weighted by molar-refractivity contribution is -0.137. The van der Waals surface area contributed by atoms with Crippen molar-refractivity contribution in [1.82, 2.24) is 14.8 Å². The quantitative estimate of drug-likeness (QED) is 0.667. The molecule has 2 aromatic carbocycles. The fourth-order valence-corrected chi connectivity index (χ4v) is 2.27. The number of hydrogen-bond acceptors (Lipinski definition) is 4. The molecule has 0 fully saturated rings. The molecule has 0 saturated heterocycles. The molecule has 0 aliphatic rings. The molecule has 1 aromatic heterocycles. The van der Waals surface area contributed by atoms with Gasteiger partial charge in [0.2, 0.25) is 0 Å². The molecule has 146 valence electrons. The van der Waals surface area contributed by atoms with E-state index in [9.17, 15) is 26.7 Å². The van der Waals surface area contributed by atoms with Crippen LogP contribution in [-0.4, -0.2) is 27.3 Å². The van der Waals surface area contributed by atoms with Gasteiger partial charge >= 0.3 is 6.18 Å². The first kappa shape index (κ1) is 19.3. The second-order valence-corrected chi connectivity index (χ2v) is 5.48. The number of halogens is 5. The van der Waals surface area contributed by atoms with E-state index < -0.39 is 35.9 Å². The van der Waals surface area contributed by atoms with Gasteiger partial charge < -0.3 is 10.1 Å². The molecule has 0 atom stereocenters. The Kier molecular flexibility index (Phi) is 5.25. The van der Waals surface area contributed by atoms with E-state index >= 15 is 0 Å². The molecule has 0 aliphatic heterocycles. The van der Waals surface area contributed by atoms with E-state index in [0.717, 1.165) is 35.0 Å². The van der Waals surface area contributed by atoms with Gasteiger partial charge in [-0.05, 0) is 30.3 Å². The fraction of sp³-hybridized carbons (Fsp3) is 0.118. The van der Waals surface area contributed by atoms with Crippen molar-refractivity contribution in [3.05, 3.63) is 66.3 Å². The molecule has 1 N–H and O–H groups in total. The molecule has 1 amide bonds. The van der Waals surface area contributed by atoms with Gasteiger partial charge in [-0.1, -0.05) is 0 Å². The Morgan fingerprint density at radius 1 is 1.14 bits per heavy atom. The molecule has 6 nitrogen and oxygen atoms in total. The van der Waals surface area contributed by atoms with Gasteiger partial charge in [-0.15, -0.1) is 0 Å². The second-order valence-electron chi connectivity index (χ2n) is 5.48. The zero-order valence-electron chi connectivity index (χ0n) is 13.9. The SMILES string of the molecule is O=C(COc1ccc(F)cc1F)Nc1cc(C(F)(F)F)ccc1-n1cncn1. The minimum atomic E-state index is -4.63. The van der Waals surface area contributed by atoms with Crippen LogP contribution in [0.25, 0.3) is 5.69 Å². The Morgan fingerprint density at radius 2 is 1.93 bits per heavy atom. The number of nitrogens with zero attached hydrogens (tertiary/aromatic N) is 3. The number of carbonyl (C=O) groups is 1. The highest BCUT2D eigenvalue weighted by Crippen LogP contribution is 2.33. The van der Waals surface area contributed by atoms with Gasteiger partial charge in [0.1, 0.15) is 18.5 Å². The van der Waals surface area contributed by atoms with E-state index in [4.69, 9.17) is 4.74 Å². The summed E-state index contributed by atoms with van der Waals surface area (Å²) in [4.78, 5) is 15.8. The van der Waals surface area contributed by atoms with Crippen molar-refractivity contribution in [3.63, 3.8) is 0 Å². The zero-order valence-corrected chi connectivity index (χ0v) is 13.9. The number of nitrogens with one attached hydrogen (secondary N) is 1. The molecule has 1 heterocycles. The smallest absolute Gasteiger partial charge is 0.416 e. The molecule has 11 heteroatoms. The molecule has 0 aliphatic carbocycles. The summed E-state index contributed by atoms with van der Waals surface area (Å²) in [5, 5.41) is 6.08. The molecule has 0 unspecified atom stereocenters. The Balaban J connectivity index is 1.80. The summed E-state index contributed by atoms with van der Waals surface area (Å²) < 4.78 is 71.4. The zero-order chi connectivity index (χ0) is 20.3. The maximum Gasteiger partial charge on any atom is 0.416 e. The van der Waals surface area contributed by atoms with Crippen LogP contribution in [-0.2, 0) is 11.0 Å². The van der Waals surface area contributed by atoms with E-state index in [1.54, 1.807) is 0 Å². The fourth-order valence-electron chi connectivity index (χ4n) is 2.27. The summed E-state index contributed by atoms with van der Waals surface area (Å²) in [6, 6.07) is 5.18. The monoisotopic (exact) mass is 398 g/mol. The van der Waals surface area contributed by atoms with Crippen LogP contribution < -0.4 is 10.1 Å². The Morgan fingerprint density at radius 3 is 2.57 bits per heavy atom. The van der Waals surface area contributed by atoms with Crippen LogP contribution in [0.4, 0.5) is 27.6 Å². The molecular weight excluding hydrogens is 387 g/mol. The van der Waals surface area contributed by atoms with Crippen molar-refractivity contribution < 1.29 is 31.5 Å². The number of amides is 1. The lowest BCUT2D eigenvalue weighted by Crippen LogP contribution is -2.22. The number of ether oxygens (including phenoxy) is 1. The standard InChI is InChI=1S/C17H11F5N4O2/c18-11-2-4-15(12(19)6-11)28-7-16(27)25-13-5-10(17(20,21)22)1-3-14(13)26-9-23-8-24-26/h1-6,8-9H,7H2,(H,25,27). The van der Waals surface area contributed by atoms with Crippen LogP contribution in [0.5, 0.6) is 5.75 Å². The summed E-state index contributed by atoms with van der Waals surface area (Å²) in [7, 11) is 0. The molecule has 0 saturated carbocycles. The number of benzene rings is 2. The van der Waals surface area contributed by atoms with Crippen molar-refractivity contribution in [2.45, 2.75) is 6.18 Å². The normalized spacial score (nSPS) is 11.3. The van der Waals surface area contributed by atoms with Gasteiger partial charge in [0.05, 0.1) is 16.9 Å². The summed E-state index contributed by atoms with van der Waals surface area (Å²) in [6.45, 7) is -0.713. The number of anilines is 1. The Bertz CT molecular complexity index is 990. The summed E-state index contributed by atoms with van der Waals surface area (Å²) in [5.41, 5.74) is -1.06. The third kappa shape index (κ3) is 4.42.